The maximum absolute atomic E-state index is 3.52. The van der Waals surface area contributed by atoms with Crippen LogP contribution < -0.4 is 5.32 Å². The molecule has 0 spiro atoms. The second-order valence-electron chi connectivity index (χ2n) is 6.56. The van der Waals surface area contributed by atoms with Crippen molar-refractivity contribution in [2.24, 2.45) is 5.92 Å². The van der Waals surface area contributed by atoms with E-state index >= 15 is 0 Å². The number of nitrogens with zero attached hydrogens (tertiary/aromatic N) is 1. The van der Waals surface area contributed by atoms with E-state index in [1.165, 1.54) is 32.1 Å². The minimum absolute atomic E-state index is 0.744. The van der Waals surface area contributed by atoms with Gasteiger partial charge in [0.25, 0.3) is 0 Å². The standard InChI is InChI=1S/C17H30N2S/c1-14(2)12-18-9-10-19(3)13-16-11-15-7-5-4-6-8-17(15)20-16/h11,14,18H,4-10,12-13H2,1-3H3. The van der Waals surface area contributed by atoms with E-state index in [-0.39, 0.29) is 0 Å². The first-order valence-electron chi connectivity index (χ1n) is 8.15. The minimum atomic E-state index is 0.744. The molecule has 0 saturated heterocycles. The van der Waals surface area contributed by atoms with Gasteiger partial charge >= 0.3 is 0 Å². The highest BCUT2D eigenvalue weighted by Crippen LogP contribution is 2.29. The smallest absolute Gasteiger partial charge is 0.0325 e. The summed E-state index contributed by atoms with van der Waals surface area (Å²) in [5.74, 6) is 0.744. The molecular formula is C17H30N2S. The molecule has 1 aromatic heterocycles. The first-order chi connectivity index (χ1) is 9.65. The molecule has 20 heavy (non-hydrogen) atoms. The predicted octanol–water partition coefficient (Wildman–Crippen LogP) is 3.69. The number of hydrogen-bond acceptors (Lipinski definition) is 3. The topological polar surface area (TPSA) is 15.3 Å². The van der Waals surface area contributed by atoms with Crippen LogP contribution >= 0.6 is 11.3 Å². The molecule has 1 aliphatic rings. The van der Waals surface area contributed by atoms with Crippen molar-refractivity contribution >= 4 is 11.3 Å². The van der Waals surface area contributed by atoms with Crippen LogP contribution in [0.4, 0.5) is 0 Å². The maximum atomic E-state index is 3.52. The zero-order valence-electron chi connectivity index (χ0n) is 13.4. The normalized spacial score (nSPS) is 15.7. The highest BCUT2D eigenvalue weighted by molar-refractivity contribution is 7.12. The van der Waals surface area contributed by atoms with Gasteiger partial charge in [0.2, 0.25) is 0 Å². The third kappa shape index (κ3) is 5.19. The number of fused-ring (bicyclic) bond motifs is 1. The Bertz CT molecular complexity index is 374. The first-order valence-corrected chi connectivity index (χ1v) is 8.96. The average molecular weight is 295 g/mol. The van der Waals surface area contributed by atoms with E-state index in [2.05, 4.69) is 48.5 Å². The molecule has 0 bridgehead atoms. The summed E-state index contributed by atoms with van der Waals surface area (Å²) in [6.45, 7) is 8.99. The minimum Gasteiger partial charge on any atom is -0.315 e. The molecule has 1 aromatic rings. The molecule has 1 N–H and O–H groups in total. The Balaban J connectivity index is 1.75. The van der Waals surface area contributed by atoms with Gasteiger partial charge in [0.1, 0.15) is 0 Å². The molecule has 1 heterocycles. The lowest BCUT2D eigenvalue weighted by atomic mass is 10.1. The summed E-state index contributed by atoms with van der Waals surface area (Å²) < 4.78 is 0. The van der Waals surface area contributed by atoms with Crippen LogP contribution in [0.5, 0.6) is 0 Å². The molecule has 0 atom stereocenters. The second kappa shape index (κ2) is 8.16. The van der Waals surface area contributed by atoms with Crippen LogP contribution in [0.1, 0.15) is 48.4 Å². The molecule has 0 radical (unpaired) electrons. The molecule has 2 rings (SSSR count). The second-order valence-corrected chi connectivity index (χ2v) is 7.78. The van der Waals surface area contributed by atoms with Crippen molar-refractivity contribution in [1.29, 1.82) is 0 Å². The Hall–Kier alpha value is -0.380. The van der Waals surface area contributed by atoms with Crippen molar-refractivity contribution < 1.29 is 0 Å². The number of hydrogen-bond donors (Lipinski definition) is 1. The van der Waals surface area contributed by atoms with Gasteiger partial charge in [0, 0.05) is 29.4 Å². The van der Waals surface area contributed by atoms with Gasteiger partial charge in [-0.15, -0.1) is 11.3 Å². The predicted molar refractivity (Wildman–Crippen MR) is 89.6 cm³/mol. The molecule has 0 aromatic carbocycles. The first kappa shape index (κ1) is 16.0. The van der Waals surface area contributed by atoms with Crippen LogP contribution in [0.25, 0.3) is 0 Å². The molecule has 0 unspecified atom stereocenters. The number of thiophene rings is 1. The zero-order chi connectivity index (χ0) is 14.4. The van der Waals surface area contributed by atoms with Crippen molar-refractivity contribution in [3.05, 3.63) is 21.4 Å². The van der Waals surface area contributed by atoms with Gasteiger partial charge in [-0.3, -0.25) is 0 Å². The Labute approximate surface area is 128 Å². The summed E-state index contributed by atoms with van der Waals surface area (Å²) in [6, 6.07) is 2.48. The maximum Gasteiger partial charge on any atom is 0.0325 e. The van der Waals surface area contributed by atoms with Crippen molar-refractivity contribution in [3.8, 4) is 0 Å². The number of likely N-dealkylation sites (N-methyl/N-ethyl adjacent to an activating group) is 1. The van der Waals surface area contributed by atoms with Crippen LogP contribution in [-0.2, 0) is 19.4 Å². The number of nitrogens with one attached hydrogen (secondary N) is 1. The van der Waals surface area contributed by atoms with E-state index in [9.17, 15) is 0 Å². The molecule has 114 valence electrons. The third-order valence-corrected chi connectivity index (χ3v) is 5.17. The van der Waals surface area contributed by atoms with E-state index in [4.69, 9.17) is 0 Å². The van der Waals surface area contributed by atoms with Gasteiger partial charge in [-0.25, -0.2) is 0 Å². The monoisotopic (exact) mass is 294 g/mol. The fraction of sp³-hybridized carbons (Fsp3) is 0.765. The van der Waals surface area contributed by atoms with E-state index in [1.54, 1.807) is 15.3 Å². The van der Waals surface area contributed by atoms with E-state index in [0.29, 0.717) is 0 Å². The van der Waals surface area contributed by atoms with E-state index in [0.717, 1.165) is 32.1 Å². The average Bonchev–Trinajstić information content (AvgIpc) is 2.63. The summed E-state index contributed by atoms with van der Waals surface area (Å²) in [5.41, 5.74) is 1.65. The van der Waals surface area contributed by atoms with E-state index in [1.807, 2.05) is 0 Å². The lowest BCUT2D eigenvalue weighted by Crippen LogP contribution is -2.30. The Morgan fingerprint density at radius 1 is 1.25 bits per heavy atom. The number of aryl methyl sites for hydroxylation is 2. The van der Waals surface area contributed by atoms with Crippen LogP contribution in [-0.4, -0.2) is 31.6 Å². The summed E-state index contributed by atoms with van der Waals surface area (Å²) in [7, 11) is 2.24. The van der Waals surface area contributed by atoms with Crippen LogP contribution in [0.15, 0.2) is 6.07 Å². The molecule has 0 saturated carbocycles. The Morgan fingerprint density at radius 2 is 2.05 bits per heavy atom. The van der Waals surface area contributed by atoms with Crippen LogP contribution in [0.2, 0.25) is 0 Å². The van der Waals surface area contributed by atoms with Crippen molar-refractivity contribution in [3.63, 3.8) is 0 Å². The highest BCUT2D eigenvalue weighted by atomic mass is 32.1. The van der Waals surface area contributed by atoms with Crippen molar-refractivity contribution in [1.82, 2.24) is 10.2 Å². The Kier molecular flexibility index (Phi) is 6.53. The lowest BCUT2D eigenvalue weighted by molar-refractivity contribution is 0.324. The van der Waals surface area contributed by atoms with Crippen LogP contribution in [0, 0.1) is 5.92 Å². The van der Waals surface area contributed by atoms with Gasteiger partial charge in [-0.1, -0.05) is 20.3 Å². The molecule has 0 aliphatic heterocycles. The van der Waals surface area contributed by atoms with Gasteiger partial charge in [-0.05, 0) is 56.8 Å². The number of rotatable bonds is 7. The molecule has 3 heteroatoms. The molecule has 0 fully saturated rings. The van der Waals surface area contributed by atoms with Gasteiger partial charge in [0.05, 0.1) is 0 Å². The SMILES string of the molecule is CC(C)CNCCN(C)Cc1cc2c(s1)CCCCC2. The summed E-state index contributed by atoms with van der Waals surface area (Å²) >= 11 is 2.06. The third-order valence-electron chi connectivity index (χ3n) is 3.95. The summed E-state index contributed by atoms with van der Waals surface area (Å²) in [4.78, 5) is 5.67. The quantitative estimate of drug-likeness (QED) is 0.609. The lowest BCUT2D eigenvalue weighted by Gasteiger charge is -2.16. The van der Waals surface area contributed by atoms with Gasteiger partial charge < -0.3 is 10.2 Å². The highest BCUT2D eigenvalue weighted by Gasteiger charge is 2.13. The summed E-state index contributed by atoms with van der Waals surface area (Å²) in [5, 5.41) is 3.52. The molecule has 1 aliphatic carbocycles. The fourth-order valence-corrected chi connectivity index (χ4v) is 4.15. The molecular weight excluding hydrogens is 264 g/mol. The van der Waals surface area contributed by atoms with Crippen molar-refractivity contribution in [2.75, 3.05) is 26.7 Å². The largest absolute Gasteiger partial charge is 0.315 e. The van der Waals surface area contributed by atoms with E-state index < -0.39 is 0 Å². The zero-order valence-corrected chi connectivity index (χ0v) is 14.2. The fourth-order valence-electron chi connectivity index (χ4n) is 2.81. The van der Waals surface area contributed by atoms with Gasteiger partial charge in [0.15, 0.2) is 0 Å². The van der Waals surface area contributed by atoms with Crippen molar-refractivity contribution in [2.45, 2.75) is 52.5 Å². The molecule has 0 amide bonds. The van der Waals surface area contributed by atoms with Gasteiger partial charge in [-0.2, -0.15) is 0 Å². The summed E-state index contributed by atoms with van der Waals surface area (Å²) in [6.07, 6.45) is 6.82. The molecule has 2 nitrogen and oxygen atoms in total. The van der Waals surface area contributed by atoms with Crippen LogP contribution in [0.3, 0.4) is 0 Å². The Morgan fingerprint density at radius 3 is 2.85 bits per heavy atom.